The minimum absolute atomic E-state index is 0.102. The summed E-state index contributed by atoms with van der Waals surface area (Å²) in [6, 6.07) is 0. The molecule has 0 heterocycles. The molecule has 0 aromatic rings. The summed E-state index contributed by atoms with van der Waals surface area (Å²) in [5.41, 5.74) is 0. The van der Waals surface area contributed by atoms with Crippen molar-refractivity contribution < 1.29 is 18.1 Å². The molecule has 5 heteroatoms. The van der Waals surface area contributed by atoms with Crippen LogP contribution in [0.3, 0.4) is 0 Å². The van der Waals surface area contributed by atoms with Crippen LogP contribution in [0.1, 0.15) is 79.1 Å². The van der Waals surface area contributed by atoms with Crippen LogP contribution in [0.2, 0.25) is 0 Å². The summed E-state index contributed by atoms with van der Waals surface area (Å²) < 4.78 is 28.4. The maximum atomic E-state index is 12.4. The maximum absolute atomic E-state index is 12.4. The van der Waals surface area contributed by atoms with Crippen LogP contribution in [-0.2, 0) is 18.1 Å². The van der Waals surface area contributed by atoms with Gasteiger partial charge in [0.25, 0.3) is 0 Å². The number of hydrogen-bond donors (Lipinski definition) is 0. The molecule has 0 amide bonds. The van der Waals surface area contributed by atoms with Gasteiger partial charge in [-0.05, 0) is 26.7 Å². The van der Waals surface area contributed by atoms with Crippen LogP contribution in [0, 0.1) is 0 Å². The zero-order valence-corrected chi connectivity index (χ0v) is 14.8. The fourth-order valence-corrected chi connectivity index (χ4v) is 3.33. The molecule has 0 N–H and O–H groups in total. The molecule has 2 atom stereocenters. The van der Waals surface area contributed by atoms with E-state index in [0.717, 1.165) is 25.7 Å². The number of unbranched alkanes of at least 4 members (excludes halogenated alkanes) is 4. The van der Waals surface area contributed by atoms with E-state index >= 15 is 0 Å². The van der Waals surface area contributed by atoms with E-state index < -0.39 is 7.82 Å². The van der Waals surface area contributed by atoms with Gasteiger partial charge in [-0.2, -0.15) is 0 Å². The van der Waals surface area contributed by atoms with Crippen LogP contribution in [0.4, 0.5) is 0 Å². The smallest absolute Gasteiger partial charge is 0.290 e. The van der Waals surface area contributed by atoms with E-state index in [4.69, 9.17) is 13.6 Å². The van der Waals surface area contributed by atoms with Crippen LogP contribution in [0.25, 0.3) is 0 Å². The summed E-state index contributed by atoms with van der Waals surface area (Å²) >= 11 is 0. The van der Waals surface area contributed by atoms with Crippen molar-refractivity contribution in [3.05, 3.63) is 0 Å². The van der Waals surface area contributed by atoms with E-state index in [1.165, 1.54) is 32.8 Å². The Balaban J connectivity index is 4.13. The lowest BCUT2D eigenvalue weighted by Gasteiger charge is -2.23. The molecule has 0 aromatic heterocycles. The highest BCUT2D eigenvalue weighted by atomic mass is 31.2. The Labute approximate surface area is 125 Å². The lowest BCUT2D eigenvalue weighted by Crippen LogP contribution is -2.13. The average Bonchev–Trinajstić information content (AvgIpc) is 2.39. The first-order valence-corrected chi connectivity index (χ1v) is 9.46. The molecular weight excluding hydrogens is 275 g/mol. The molecule has 4 nitrogen and oxygen atoms in total. The van der Waals surface area contributed by atoms with Crippen LogP contribution in [0.5, 0.6) is 0 Å². The van der Waals surface area contributed by atoms with Crippen molar-refractivity contribution in [1.29, 1.82) is 0 Å². The molecule has 0 aliphatic carbocycles. The summed E-state index contributed by atoms with van der Waals surface area (Å²) in [7, 11) is -2.02. The van der Waals surface area contributed by atoms with Crippen molar-refractivity contribution in [3.63, 3.8) is 0 Å². The van der Waals surface area contributed by atoms with Gasteiger partial charge >= 0.3 is 7.82 Å². The van der Waals surface area contributed by atoms with Crippen molar-refractivity contribution >= 4 is 7.82 Å². The lowest BCUT2D eigenvalue weighted by atomic mass is 10.1. The van der Waals surface area contributed by atoms with E-state index in [0.29, 0.717) is 0 Å². The van der Waals surface area contributed by atoms with Crippen molar-refractivity contribution in [2.24, 2.45) is 0 Å². The summed E-state index contributed by atoms with van der Waals surface area (Å²) in [6.45, 7) is 8.16. The Kier molecular flexibility index (Phi) is 11.8. The van der Waals surface area contributed by atoms with Gasteiger partial charge < -0.3 is 0 Å². The normalized spacial score (nSPS) is 17.6. The Bertz CT molecular complexity index is 249. The second kappa shape index (κ2) is 11.7. The van der Waals surface area contributed by atoms with Gasteiger partial charge in [-0.25, -0.2) is 4.57 Å². The Hall–Kier alpha value is 0.110. The van der Waals surface area contributed by atoms with Gasteiger partial charge in [0.1, 0.15) is 0 Å². The van der Waals surface area contributed by atoms with Gasteiger partial charge in [0, 0.05) is 7.11 Å². The number of hydrogen-bond acceptors (Lipinski definition) is 4. The minimum Gasteiger partial charge on any atom is -0.290 e. The quantitative estimate of drug-likeness (QED) is 0.323. The van der Waals surface area contributed by atoms with Gasteiger partial charge in [0.2, 0.25) is 0 Å². The van der Waals surface area contributed by atoms with E-state index in [2.05, 4.69) is 13.8 Å². The fourth-order valence-electron chi connectivity index (χ4n) is 2.02. The van der Waals surface area contributed by atoms with E-state index in [1.54, 1.807) is 0 Å². The summed E-state index contributed by atoms with van der Waals surface area (Å²) in [5, 5.41) is 0. The highest BCUT2D eigenvalue weighted by Crippen LogP contribution is 2.51. The highest BCUT2D eigenvalue weighted by molar-refractivity contribution is 7.48. The third-order valence-electron chi connectivity index (χ3n) is 3.27. The molecule has 2 unspecified atom stereocenters. The standard InChI is InChI=1S/C15H33O4P/c1-6-8-10-12-14(3)18-20(16,17-5)19-15(4)13-11-9-7-2/h14-15H,6-13H2,1-5H3. The van der Waals surface area contributed by atoms with Crippen molar-refractivity contribution in [2.45, 2.75) is 91.3 Å². The molecule has 0 saturated carbocycles. The first kappa shape index (κ1) is 20.1. The van der Waals surface area contributed by atoms with Crippen LogP contribution in [0.15, 0.2) is 0 Å². The molecule has 20 heavy (non-hydrogen) atoms. The van der Waals surface area contributed by atoms with Crippen LogP contribution < -0.4 is 0 Å². The van der Waals surface area contributed by atoms with E-state index in [9.17, 15) is 4.57 Å². The molecular formula is C15H33O4P. The predicted molar refractivity (Wildman–Crippen MR) is 84.0 cm³/mol. The fraction of sp³-hybridized carbons (Fsp3) is 1.00. The zero-order valence-electron chi connectivity index (χ0n) is 13.9. The van der Waals surface area contributed by atoms with Crippen molar-refractivity contribution in [3.8, 4) is 0 Å². The van der Waals surface area contributed by atoms with Gasteiger partial charge in [-0.1, -0.05) is 52.4 Å². The molecule has 0 rings (SSSR count). The van der Waals surface area contributed by atoms with Crippen LogP contribution >= 0.6 is 7.82 Å². The molecule has 0 bridgehead atoms. The third kappa shape index (κ3) is 9.93. The second-order valence-corrected chi connectivity index (χ2v) is 7.13. The molecule has 0 fully saturated rings. The summed E-state index contributed by atoms with van der Waals surface area (Å²) in [6.07, 6.45) is 8.38. The Morgan fingerprint density at radius 3 is 1.55 bits per heavy atom. The topological polar surface area (TPSA) is 44.8 Å². The highest BCUT2D eigenvalue weighted by Gasteiger charge is 2.29. The molecule has 0 aromatic carbocycles. The van der Waals surface area contributed by atoms with E-state index in [-0.39, 0.29) is 12.2 Å². The number of phosphoric ester groups is 1. The van der Waals surface area contributed by atoms with Crippen LogP contribution in [-0.4, -0.2) is 19.3 Å². The van der Waals surface area contributed by atoms with Crippen molar-refractivity contribution in [2.75, 3.05) is 7.11 Å². The SMILES string of the molecule is CCCCCC(C)OP(=O)(OC)OC(C)CCCCC. The van der Waals surface area contributed by atoms with Crippen molar-refractivity contribution in [1.82, 2.24) is 0 Å². The van der Waals surface area contributed by atoms with Gasteiger partial charge in [0.15, 0.2) is 0 Å². The Morgan fingerprint density at radius 2 is 1.25 bits per heavy atom. The third-order valence-corrected chi connectivity index (χ3v) is 4.95. The number of rotatable bonds is 13. The summed E-state index contributed by atoms with van der Waals surface area (Å²) in [5.74, 6) is 0. The largest absolute Gasteiger partial charge is 0.475 e. The molecule has 0 aliphatic heterocycles. The molecule has 0 radical (unpaired) electrons. The Morgan fingerprint density at radius 1 is 0.850 bits per heavy atom. The van der Waals surface area contributed by atoms with Gasteiger partial charge in [-0.15, -0.1) is 0 Å². The first-order chi connectivity index (χ1) is 9.47. The predicted octanol–water partition coefficient (Wildman–Crippen LogP) is 5.71. The van der Waals surface area contributed by atoms with E-state index in [1.807, 2.05) is 13.8 Å². The molecule has 0 spiro atoms. The molecule has 122 valence electrons. The van der Waals surface area contributed by atoms with Gasteiger partial charge in [-0.3, -0.25) is 13.6 Å². The molecule has 0 saturated heterocycles. The average molecular weight is 308 g/mol. The van der Waals surface area contributed by atoms with Gasteiger partial charge in [0.05, 0.1) is 12.2 Å². The molecule has 0 aliphatic rings. The minimum atomic E-state index is -3.41. The number of phosphoric acid groups is 1. The lowest BCUT2D eigenvalue weighted by molar-refractivity contribution is 0.0668. The maximum Gasteiger partial charge on any atom is 0.475 e. The monoisotopic (exact) mass is 308 g/mol. The first-order valence-electron chi connectivity index (χ1n) is 8.00. The zero-order chi connectivity index (χ0) is 15.4. The second-order valence-electron chi connectivity index (χ2n) is 5.45. The summed E-state index contributed by atoms with van der Waals surface area (Å²) in [4.78, 5) is 0.